The maximum absolute atomic E-state index is 10.8. The van der Waals surface area contributed by atoms with Gasteiger partial charge in [0, 0.05) is 18.0 Å². The van der Waals surface area contributed by atoms with Gasteiger partial charge >= 0.3 is 5.97 Å². The van der Waals surface area contributed by atoms with Crippen molar-refractivity contribution in [3.05, 3.63) is 36.2 Å². The van der Waals surface area contributed by atoms with Gasteiger partial charge in [0.1, 0.15) is 17.6 Å². The highest BCUT2D eigenvalue weighted by atomic mass is 16.4. The Kier molecular flexibility index (Phi) is 3.70. The number of anilines is 1. The number of aromatic nitrogens is 3. The zero-order valence-corrected chi connectivity index (χ0v) is 10.7. The number of aryl methyl sites for hydroxylation is 1. The normalized spacial score (nSPS) is 11.9. The number of carboxylic acids is 1. The van der Waals surface area contributed by atoms with Gasteiger partial charge in [0.25, 0.3) is 0 Å². The van der Waals surface area contributed by atoms with Gasteiger partial charge in [-0.05, 0) is 26.0 Å². The Balaban J connectivity index is 2.32. The molecule has 2 aromatic heterocycles. The van der Waals surface area contributed by atoms with Gasteiger partial charge in [-0.25, -0.2) is 9.97 Å². The van der Waals surface area contributed by atoms with E-state index in [2.05, 4.69) is 20.3 Å². The minimum absolute atomic E-state index is 0.473. The molecule has 2 rings (SSSR count). The minimum atomic E-state index is -0.935. The number of nitrogens with one attached hydrogen (secondary N) is 1. The average molecular weight is 258 g/mol. The third kappa shape index (κ3) is 3.25. The number of pyridine rings is 1. The van der Waals surface area contributed by atoms with E-state index in [9.17, 15) is 4.79 Å². The van der Waals surface area contributed by atoms with Gasteiger partial charge < -0.3 is 10.4 Å². The SMILES string of the molecule is Cc1cc(N[C@H](C)C(=O)O)nc(-c2ccccn2)n1. The number of hydrogen-bond donors (Lipinski definition) is 2. The molecule has 0 saturated carbocycles. The zero-order valence-electron chi connectivity index (χ0n) is 10.7. The molecule has 0 aliphatic carbocycles. The summed E-state index contributed by atoms with van der Waals surface area (Å²) < 4.78 is 0. The molecule has 0 unspecified atom stereocenters. The lowest BCUT2D eigenvalue weighted by Crippen LogP contribution is -2.26. The summed E-state index contributed by atoms with van der Waals surface area (Å²) in [5, 5.41) is 11.7. The molecule has 0 bridgehead atoms. The molecule has 2 heterocycles. The van der Waals surface area contributed by atoms with E-state index in [0.29, 0.717) is 17.3 Å². The highest BCUT2D eigenvalue weighted by molar-refractivity contribution is 5.76. The van der Waals surface area contributed by atoms with E-state index >= 15 is 0 Å². The number of nitrogens with zero attached hydrogens (tertiary/aromatic N) is 3. The lowest BCUT2D eigenvalue weighted by Gasteiger charge is -2.11. The van der Waals surface area contributed by atoms with Crippen LogP contribution < -0.4 is 5.32 Å². The smallest absolute Gasteiger partial charge is 0.325 e. The fourth-order valence-corrected chi connectivity index (χ4v) is 1.54. The standard InChI is InChI=1S/C13H14N4O2/c1-8-7-11(16-9(2)13(18)19)17-12(15-8)10-5-3-4-6-14-10/h3-7,9H,1-2H3,(H,18,19)(H,15,16,17)/t9-/m1/s1. The molecule has 98 valence electrons. The van der Waals surface area contributed by atoms with E-state index in [1.807, 2.05) is 19.1 Å². The first-order chi connectivity index (χ1) is 9.06. The molecule has 0 aliphatic heterocycles. The highest BCUT2D eigenvalue weighted by Crippen LogP contribution is 2.15. The van der Waals surface area contributed by atoms with Gasteiger partial charge in [-0.15, -0.1) is 0 Å². The van der Waals surface area contributed by atoms with Crippen molar-refractivity contribution < 1.29 is 9.90 Å². The lowest BCUT2D eigenvalue weighted by atomic mass is 10.3. The molecule has 0 spiro atoms. The van der Waals surface area contributed by atoms with Crippen LogP contribution in [-0.2, 0) is 4.79 Å². The Morgan fingerprint density at radius 3 is 2.79 bits per heavy atom. The summed E-state index contributed by atoms with van der Waals surface area (Å²) in [6, 6.07) is 6.45. The van der Waals surface area contributed by atoms with Crippen molar-refractivity contribution in [3.63, 3.8) is 0 Å². The highest BCUT2D eigenvalue weighted by Gasteiger charge is 2.12. The van der Waals surface area contributed by atoms with Crippen LogP contribution >= 0.6 is 0 Å². The summed E-state index contributed by atoms with van der Waals surface area (Å²) in [4.78, 5) is 23.6. The Bertz CT molecular complexity index is 586. The van der Waals surface area contributed by atoms with Crippen LogP contribution in [0.25, 0.3) is 11.5 Å². The molecule has 6 heteroatoms. The molecular formula is C13H14N4O2. The van der Waals surface area contributed by atoms with Gasteiger partial charge in [0.05, 0.1) is 0 Å². The average Bonchev–Trinajstić information content (AvgIpc) is 2.39. The first-order valence-corrected chi connectivity index (χ1v) is 5.82. The van der Waals surface area contributed by atoms with Crippen molar-refractivity contribution in [1.29, 1.82) is 0 Å². The van der Waals surface area contributed by atoms with Crippen LogP contribution in [0.5, 0.6) is 0 Å². The quantitative estimate of drug-likeness (QED) is 0.868. The van der Waals surface area contributed by atoms with Crippen LogP contribution in [0.4, 0.5) is 5.82 Å². The predicted molar refractivity (Wildman–Crippen MR) is 70.7 cm³/mol. The predicted octanol–water partition coefficient (Wildman–Crippen LogP) is 1.73. The molecule has 0 saturated heterocycles. The van der Waals surface area contributed by atoms with Crippen molar-refractivity contribution >= 4 is 11.8 Å². The summed E-state index contributed by atoms with van der Waals surface area (Å²) in [6.45, 7) is 3.38. The monoisotopic (exact) mass is 258 g/mol. The molecule has 0 aromatic carbocycles. The molecule has 19 heavy (non-hydrogen) atoms. The number of carbonyl (C=O) groups is 1. The molecule has 2 N–H and O–H groups in total. The van der Waals surface area contributed by atoms with Crippen molar-refractivity contribution in [2.45, 2.75) is 19.9 Å². The first-order valence-electron chi connectivity index (χ1n) is 5.82. The summed E-state index contributed by atoms with van der Waals surface area (Å²) in [7, 11) is 0. The Morgan fingerprint density at radius 2 is 2.16 bits per heavy atom. The minimum Gasteiger partial charge on any atom is -0.480 e. The Labute approximate surface area is 110 Å². The summed E-state index contributed by atoms with van der Waals surface area (Å²) in [5.74, 6) is 0.0133. The third-order valence-corrected chi connectivity index (χ3v) is 2.48. The van der Waals surface area contributed by atoms with Crippen LogP contribution in [-0.4, -0.2) is 32.1 Å². The van der Waals surface area contributed by atoms with Crippen LogP contribution in [0, 0.1) is 6.92 Å². The van der Waals surface area contributed by atoms with Crippen LogP contribution in [0.15, 0.2) is 30.5 Å². The molecule has 0 radical (unpaired) electrons. The molecular weight excluding hydrogens is 244 g/mol. The summed E-state index contributed by atoms with van der Waals surface area (Å²) >= 11 is 0. The number of rotatable bonds is 4. The second kappa shape index (κ2) is 5.43. The van der Waals surface area contributed by atoms with Gasteiger partial charge in [0.15, 0.2) is 5.82 Å². The van der Waals surface area contributed by atoms with E-state index < -0.39 is 12.0 Å². The fourth-order valence-electron chi connectivity index (χ4n) is 1.54. The summed E-state index contributed by atoms with van der Waals surface area (Å²) in [6.07, 6.45) is 1.66. The van der Waals surface area contributed by atoms with Crippen LogP contribution in [0.1, 0.15) is 12.6 Å². The molecule has 0 amide bonds. The van der Waals surface area contributed by atoms with Gasteiger partial charge in [-0.2, -0.15) is 0 Å². The van der Waals surface area contributed by atoms with E-state index in [0.717, 1.165) is 5.69 Å². The molecule has 0 aliphatic rings. The zero-order chi connectivity index (χ0) is 13.8. The molecule has 1 atom stereocenters. The van der Waals surface area contributed by atoms with Crippen LogP contribution in [0.3, 0.4) is 0 Å². The molecule has 0 fully saturated rings. The third-order valence-electron chi connectivity index (χ3n) is 2.48. The summed E-state index contributed by atoms with van der Waals surface area (Å²) in [5.41, 5.74) is 1.40. The Morgan fingerprint density at radius 1 is 1.37 bits per heavy atom. The van der Waals surface area contributed by atoms with Crippen molar-refractivity contribution in [2.75, 3.05) is 5.32 Å². The van der Waals surface area contributed by atoms with Crippen molar-refractivity contribution in [1.82, 2.24) is 15.0 Å². The van der Waals surface area contributed by atoms with Gasteiger partial charge in [-0.1, -0.05) is 6.07 Å². The second-order valence-corrected chi connectivity index (χ2v) is 4.14. The number of carboxylic acid groups (broad SMARTS) is 1. The second-order valence-electron chi connectivity index (χ2n) is 4.14. The number of hydrogen-bond acceptors (Lipinski definition) is 5. The van der Waals surface area contributed by atoms with Crippen LogP contribution in [0.2, 0.25) is 0 Å². The molecule has 2 aromatic rings. The largest absolute Gasteiger partial charge is 0.480 e. The fraction of sp³-hybridized carbons (Fsp3) is 0.231. The number of aliphatic carboxylic acids is 1. The van der Waals surface area contributed by atoms with Gasteiger partial charge in [0.2, 0.25) is 0 Å². The van der Waals surface area contributed by atoms with E-state index in [1.54, 1.807) is 25.3 Å². The van der Waals surface area contributed by atoms with Crippen molar-refractivity contribution in [3.8, 4) is 11.5 Å². The van der Waals surface area contributed by atoms with Gasteiger partial charge in [-0.3, -0.25) is 9.78 Å². The maximum Gasteiger partial charge on any atom is 0.325 e. The Hall–Kier alpha value is -2.50. The van der Waals surface area contributed by atoms with E-state index in [4.69, 9.17) is 5.11 Å². The van der Waals surface area contributed by atoms with Crippen molar-refractivity contribution in [2.24, 2.45) is 0 Å². The molecule has 6 nitrogen and oxygen atoms in total. The first kappa shape index (κ1) is 12.9. The topological polar surface area (TPSA) is 88.0 Å². The maximum atomic E-state index is 10.8. The van der Waals surface area contributed by atoms with E-state index in [1.165, 1.54) is 0 Å². The lowest BCUT2D eigenvalue weighted by molar-refractivity contribution is -0.137. The van der Waals surface area contributed by atoms with E-state index in [-0.39, 0.29) is 0 Å².